The van der Waals surface area contributed by atoms with Crippen molar-refractivity contribution in [3.8, 4) is 17.2 Å². The van der Waals surface area contributed by atoms with E-state index in [1.165, 1.54) is 12.8 Å². The number of aliphatic hydroxyl groups excluding tert-OH is 1. The molecule has 0 saturated heterocycles. The van der Waals surface area contributed by atoms with Gasteiger partial charge in [-0.3, -0.25) is 9.59 Å². The molecule has 0 bridgehead atoms. The lowest BCUT2D eigenvalue weighted by atomic mass is 10.00. The molecular weight excluding hydrogens is 496 g/mol. The van der Waals surface area contributed by atoms with Crippen LogP contribution in [0.4, 0.5) is 0 Å². The van der Waals surface area contributed by atoms with E-state index in [2.05, 4.69) is 10.6 Å². The molecule has 2 atom stereocenters. The van der Waals surface area contributed by atoms with Gasteiger partial charge in [0.2, 0.25) is 5.91 Å². The Morgan fingerprint density at radius 3 is 2.38 bits per heavy atom. The lowest BCUT2D eigenvalue weighted by Gasteiger charge is -2.27. The number of carbonyl (C=O) groups excluding carboxylic acids is 2. The van der Waals surface area contributed by atoms with E-state index in [0.717, 1.165) is 31.4 Å². The molecule has 4 rings (SSSR count). The van der Waals surface area contributed by atoms with E-state index < -0.39 is 12.1 Å². The summed E-state index contributed by atoms with van der Waals surface area (Å²) in [7, 11) is 1.60. The number of unbranched alkanes of at least 4 members (excludes halogenated alkanes) is 2. The second kappa shape index (κ2) is 15.5. The number of benzene rings is 2. The number of amides is 1. The van der Waals surface area contributed by atoms with Crippen LogP contribution in [0.25, 0.3) is 0 Å². The Morgan fingerprint density at radius 1 is 0.974 bits per heavy atom. The smallest absolute Gasteiger partial charge is 0.220 e. The molecule has 8 nitrogen and oxygen atoms in total. The van der Waals surface area contributed by atoms with E-state index in [9.17, 15) is 14.7 Å². The number of fused-ring (bicyclic) bond motifs is 1. The van der Waals surface area contributed by atoms with E-state index in [-0.39, 0.29) is 19.1 Å². The highest BCUT2D eigenvalue weighted by molar-refractivity contribution is 5.96. The SMILES string of the molecule is C.COc1ccc(C(=O)CCCCCC(=O)N[C@H](CNC2CCCC2)[C@H](O)c2ccc3c(c2)OCCO3)cc1. The Labute approximate surface area is 232 Å². The Morgan fingerprint density at radius 2 is 1.67 bits per heavy atom. The average Bonchev–Trinajstić information content (AvgIpc) is 3.48. The molecule has 8 heteroatoms. The molecule has 1 aliphatic heterocycles. The van der Waals surface area contributed by atoms with Gasteiger partial charge in [-0.15, -0.1) is 0 Å². The number of ether oxygens (including phenoxy) is 3. The molecule has 1 amide bonds. The summed E-state index contributed by atoms with van der Waals surface area (Å²) in [4.78, 5) is 25.2. The Hall–Kier alpha value is -3.10. The third-order valence-corrected chi connectivity index (χ3v) is 7.34. The molecule has 0 aromatic heterocycles. The standard InChI is InChI=1S/C30H40N2O6.CH4/c1-36-24-14-11-21(12-15-24)26(33)9-3-2-4-10-29(34)32-25(20-31-23-7-5-6-8-23)30(35)22-13-16-27-28(19-22)38-18-17-37-27;/h11-16,19,23,25,30-31,35H,2-10,17-18,20H2,1H3,(H,32,34);1H4/t25-,30-;/m1./s1. The van der Waals surface area contributed by atoms with Crippen LogP contribution in [0.3, 0.4) is 0 Å². The molecule has 39 heavy (non-hydrogen) atoms. The topological polar surface area (TPSA) is 106 Å². The maximum atomic E-state index is 12.8. The van der Waals surface area contributed by atoms with E-state index in [4.69, 9.17) is 14.2 Å². The fourth-order valence-electron chi connectivity index (χ4n) is 5.09. The molecule has 2 aliphatic rings. The number of carbonyl (C=O) groups is 2. The van der Waals surface area contributed by atoms with Crippen molar-refractivity contribution in [2.45, 2.75) is 83.4 Å². The van der Waals surface area contributed by atoms with E-state index in [0.29, 0.717) is 67.7 Å². The third-order valence-electron chi connectivity index (χ3n) is 7.34. The van der Waals surface area contributed by atoms with Gasteiger partial charge in [0.25, 0.3) is 0 Å². The molecule has 214 valence electrons. The summed E-state index contributed by atoms with van der Waals surface area (Å²) in [5.41, 5.74) is 1.36. The minimum atomic E-state index is -0.884. The van der Waals surface area contributed by atoms with Crippen molar-refractivity contribution >= 4 is 11.7 Å². The first-order valence-corrected chi connectivity index (χ1v) is 13.8. The first-order chi connectivity index (χ1) is 18.5. The van der Waals surface area contributed by atoms with Gasteiger partial charge in [-0.1, -0.05) is 32.8 Å². The number of nitrogens with one attached hydrogen (secondary N) is 2. The van der Waals surface area contributed by atoms with Crippen molar-refractivity contribution in [1.82, 2.24) is 10.6 Å². The number of hydrogen-bond donors (Lipinski definition) is 3. The first-order valence-electron chi connectivity index (χ1n) is 13.8. The number of ketones is 1. The lowest BCUT2D eigenvalue weighted by molar-refractivity contribution is -0.122. The first kappa shape index (κ1) is 30.4. The van der Waals surface area contributed by atoms with Crippen LogP contribution in [-0.4, -0.2) is 55.7 Å². The third kappa shape index (κ3) is 8.97. The Bertz CT molecular complexity index is 1050. The van der Waals surface area contributed by atoms with Gasteiger partial charge in [-0.25, -0.2) is 0 Å². The minimum absolute atomic E-state index is 0. The van der Waals surface area contributed by atoms with Crippen LogP contribution in [0, 0.1) is 0 Å². The molecule has 1 saturated carbocycles. The summed E-state index contributed by atoms with van der Waals surface area (Å²) in [6.45, 7) is 1.47. The maximum Gasteiger partial charge on any atom is 0.220 e. The zero-order valence-corrected chi connectivity index (χ0v) is 22.2. The highest BCUT2D eigenvalue weighted by atomic mass is 16.6. The predicted octanol–water partition coefficient (Wildman–Crippen LogP) is 4.99. The molecular formula is C31H44N2O6. The average molecular weight is 541 g/mol. The van der Waals surface area contributed by atoms with Crippen LogP contribution in [0.15, 0.2) is 42.5 Å². The fraction of sp³-hybridized carbons (Fsp3) is 0.548. The van der Waals surface area contributed by atoms with E-state index >= 15 is 0 Å². The highest BCUT2D eigenvalue weighted by Gasteiger charge is 2.26. The number of methoxy groups -OCH3 is 1. The Kier molecular flexibility index (Phi) is 12.1. The maximum absolute atomic E-state index is 12.8. The summed E-state index contributed by atoms with van der Waals surface area (Å²) in [5, 5.41) is 17.8. The second-order valence-corrected chi connectivity index (χ2v) is 10.1. The quantitative estimate of drug-likeness (QED) is 0.229. The van der Waals surface area contributed by atoms with Crippen LogP contribution in [0.5, 0.6) is 17.2 Å². The summed E-state index contributed by atoms with van der Waals surface area (Å²) in [6.07, 6.45) is 6.77. The summed E-state index contributed by atoms with van der Waals surface area (Å²) in [5.74, 6) is 2.01. The van der Waals surface area contributed by atoms with Gasteiger partial charge >= 0.3 is 0 Å². The molecule has 0 spiro atoms. The molecule has 0 radical (unpaired) electrons. The normalized spacial score (nSPS) is 16.2. The number of aliphatic hydroxyl groups is 1. The van der Waals surface area contributed by atoms with Gasteiger partial charge in [0.1, 0.15) is 25.1 Å². The van der Waals surface area contributed by atoms with Crippen LogP contribution < -0.4 is 24.8 Å². The van der Waals surface area contributed by atoms with Gasteiger partial charge < -0.3 is 30.0 Å². The number of rotatable bonds is 14. The molecule has 3 N–H and O–H groups in total. The number of Topliss-reactive ketones (excluding diaryl/α,β-unsaturated/α-hetero) is 1. The zero-order chi connectivity index (χ0) is 26.7. The minimum Gasteiger partial charge on any atom is -0.497 e. The molecule has 1 heterocycles. The molecule has 0 unspecified atom stereocenters. The van der Waals surface area contributed by atoms with Crippen LogP contribution in [0.2, 0.25) is 0 Å². The van der Waals surface area contributed by atoms with Crippen molar-refractivity contribution < 1.29 is 28.9 Å². The predicted molar refractivity (Wildman–Crippen MR) is 152 cm³/mol. The second-order valence-electron chi connectivity index (χ2n) is 10.1. The Balaban J connectivity index is 0.00000420. The van der Waals surface area contributed by atoms with Crippen molar-refractivity contribution in [3.63, 3.8) is 0 Å². The van der Waals surface area contributed by atoms with Crippen molar-refractivity contribution in [1.29, 1.82) is 0 Å². The summed E-state index contributed by atoms with van der Waals surface area (Å²) >= 11 is 0. The van der Waals surface area contributed by atoms with Gasteiger partial charge in [0.15, 0.2) is 17.3 Å². The fourth-order valence-corrected chi connectivity index (χ4v) is 5.09. The lowest BCUT2D eigenvalue weighted by Crippen LogP contribution is -2.47. The highest BCUT2D eigenvalue weighted by Crippen LogP contribution is 2.33. The van der Waals surface area contributed by atoms with Gasteiger partial charge in [0.05, 0.1) is 13.2 Å². The van der Waals surface area contributed by atoms with Gasteiger partial charge in [0, 0.05) is 31.0 Å². The van der Waals surface area contributed by atoms with Crippen molar-refractivity contribution in [2.24, 2.45) is 0 Å². The van der Waals surface area contributed by atoms with E-state index in [1.807, 2.05) is 12.1 Å². The van der Waals surface area contributed by atoms with Crippen molar-refractivity contribution in [2.75, 3.05) is 26.9 Å². The monoisotopic (exact) mass is 540 g/mol. The van der Waals surface area contributed by atoms with Crippen molar-refractivity contribution in [3.05, 3.63) is 53.6 Å². The van der Waals surface area contributed by atoms with Crippen LogP contribution in [-0.2, 0) is 4.79 Å². The van der Waals surface area contributed by atoms with Gasteiger partial charge in [-0.05, 0) is 67.6 Å². The zero-order valence-electron chi connectivity index (χ0n) is 22.2. The van der Waals surface area contributed by atoms with Crippen LogP contribution in [0.1, 0.15) is 87.2 Å². The largest absolute Gasteiger partial charge is 0.497 e. The molecule has 2 aromatic carbocycles. The summed E-state index contributed by atoms with van der Waals surface area (Å²) in [6, 6.07) is 12.5. The number of hydrogen-bond acceptors (Lipinski definition) is 7. The molecule has 1 aliphatic carbocycles. The van der Waals surface area contributed by atoms with E-state index in [1.54, 1.807) is 37.4 Å². The van der Waals surface area contributed by atoms with Gasteiger partial charge in [-0.2, -0.15) is 0 Å². The molecule has 1 fully saturated rings. The summed E-state index contributed by atoms with van der Waals surface area (Å²) < 4.78 is 16.4. The molecule has 2 aromatic rings. The van der Waals surface area contributed by atoms with Crippen LogP contribution >= 0.6 is 0 Å².